The van der Waals surface area contributed by atoms with E-state index in [0.717, 1.165) is 68.8 Å². The third kappa shape index (κ3) is 2.89. The van der Waals surface area contributed by atoms with Crippen LogP contribution in [0.5, 0.6) is 0 Å². The summed E-state index contributed by atoms with van der Waals surface area (Å²) in [6.07, 6.45) is 9.92. The van der Waals surface area contributed by atoms with Crippen LogP contribution in [0.15, 0.2) is 12.5 Å². The third-order valence-corrected chi connectivity index (χ3v) is 5.14. The van der Waals surface area contributed by atoms with Gasteiger partial charge in [0.25, 0.3) is 0 Å². The molecule has 0 unspecified atom stereocenters. The number of nitrogens with one attached hydrogen (secondary N) is 2. The Kier molecular flexibility index (Phi) is 4.22. The molecule has 2 fully saturated rings. The van der Waals surface area contributed by atoms with Crippen molar-refractivity contribution in [3.05, 3.63) is 18.1 Å². The highest BCUT2D eigenvalue weighted by molar-refractivity contribution is 5.90. The summed E-state index contributed by atoms with van der Waals surface area (Å²) in [5, 5.41) is 13.7. The van der Waals surface area contributed by atoms with Crippen molar-refractivity contribution < 1.29 is 4.74 Å². The predicted octanol–water partition coefficient (Wildman–Crippen LogP) is 2.21. The van der Waals surface area contributed by atoms with Gasteiger partial charge in [-0.15, -0.1) is 0 Å². The second kappa shape index (κ2) is 6.65. The van der Waals surface area contributed by atoms with E-state index in [0.29, 0.717) is 12.0 Å². The van der Waals surface area contributed by atoms with Crippen molar-refractivity contribution in [1.29, 1.82) is 5.26 Å². The van der Waals surface area contributed by atoms with Gasteiger partial charge in [0, 0.05) is 38.5 Å². The van der Waals surface area contributed by atoms with Gasteiger partial charge in [-0.25, -0.2) is 9.97 Å². The summed E-state index contributed by atoms with van der Waals surface area (Å²) < 4.78 is 5.49. The molecule has 0 radical (unpaired) electrons. The van der Waals surface area contributed by atoms with Crippen molar-refractivity contribution in [2.75, 3.05) is 31.6 Å². The molecule has 0 bridgehead atoms. The topological polar surface area (TPSA) is 89.9 Å². The second-order valence-corrected chi connectivity index (χ2v) is 6.58. The molecule has 0 saturated carbocycles. The number of piperidine rings is 1. The van der Waals surface area contributed by atoms with E-state index in [2.05, 4.69) is 32.7 Å². The van der Waals surface area contributed by atoms with Gasteiger partial charge in [-0.3, -0.25) is 0 Å². The van der Waals surface area contributed by atoms with Gasteiger partial charge in [-0.2, -0.15) is 5.26 Å². The van der Waals surface area contributed by atoms with Crippen LogP contribution in [-0.4, -0.2) is 52.2 Å². The first-order valence-corrected chi connectivity index (χ1v) is 8.66. The number of anilines is 1. The number of aromatic amines is 1. The average Bonchev–Trinajstić information content (AvgIpc) is 3.08. The Balaban J connectivity index is 1.58. The highest BCUT2D eigenvalue weighted by Gasteiger charge is 2.24. The molecule has 4 heterocycles. The van der Waals surface area contributed by atoms with Gasteiger partial charge in [-0.05, 0) is 37.2 Å². The lowest BCUT2D eigenvalue weighted by Gasteiger charge is -2.29. The minimum absolute atomic E-state index is 0.352. The van der Waals surface area contributed by atoms with Crippen LogP contribution in [0.4, 0.5) is 5.82 Å². The Morgan fingerprint density at radius 2 is 2.00 bits per heavy atom. The van der Waals surface area contributed by atoms with Crippen LogP contribution >= 0.6 is 0 Å². The van der Waals surface area contributed by atoms with Gasteiger partial charge < -0.3 is 19.9 Å². The highest BCUT2D eigenvalue weighted by atomic mass is 16.5. The molecule has 7 heteroatoms. The van der Waals surface area contributed by atoms with Crippen molar-refractivity contribution in [3.8, 4) is 6.19 Å². The summed E-state index contributed by atoms with van der Waals surface area (Å²) in [6.45, 7) is 3.26. The lowest BCUT2D eigenvalue weighted by molar-refractivity contribution is 0.0856. The molecule has 2 aromatic heterocycles. The smallest absolute Gasteiger partial charge is 0.179 e. The third-order valence-electron chi connectivity index (χ3n) is 5.14. The number of hydrogen-bond acceptors (Lipinski definition) is 6. The van der Waals surface area contributed by atoms with Crippen molar-refractivity contribution >= 4 is 16.9 Å². The van der Waals surface area contributed by atoms with Crippen LogP contribution in [0.3, 0.4) is 0 Å². The van der Waals surface area contributed by atoms with Crippen molar-refractivity contribution in [1.82, 2.24) is 19.9 Å². The number of rotatable bonds is 3. The number of fused-ring (bicyclic) bond motifs is 1. The molecular formula is C17H22N6O. The lowest BCUT2D eigenvalue weighted by atomic mass is 9.92. The molecule has 0 atom stereocenters. The van der Waals surface area contributed by atoms with E-state index in [1.54, 1.807) is 6.33 Å². The molecule has 2 aliphatic rings. The Hall–Kier alpha value is -2.33. The number of nitrogens with zero attached hydrogens (tertiary/aromatic N) is 4. The number of H-pyrrole nitrogens is 1. The van der Waals surface area contributed by atoms with Gasteiger partial charge in [0.05, 0.1) is 5.39 Å². The Morgan fingerprint density at radius 1 is 1.21 bits per heavy atom. The Bertz CT molecular complexity index is 737. The molecule has 126 valence electrons. The molecule has 0 aromatic carbocycles. The standard InChI is InChI=1S/C17H22N6O/c18-10-23-5-1-13(2-6-23)22-17-15-14(12-3-7-24-8-4-12)9-19-16(15)20-11-21-17/h9,11-13H,1-8H2,(H2,19,20,21,22). The molecular weight excluding hydrogens is 304 g/mol. The first-order chi connectivity index (χ1) is 11.8. The number of hydrogen-bond donors (Lipinski definition) is 2. The average molecular weight is 326 g/mol. The highest BCUT2D eigenvalue weighted by Crippen LogP contribution is 2.35. The molecule has 2 aromatic rings. The predicted molar refractivity (Wildman–Crippen MR) is 90.5 cm³/mol. The molecule has 2 N–H and O–H groups in total. The maximum Gasteiger partial charge on any atom is 0.179 e. The molecule has 24 heavy (non-hydrogen) atoms. The maximum atomic E-state index is 8.98. The van der Waals surface area contributed by atoms with Crippen LogP contribution < -0.4 is 5.32 Å². The van der Waals surface area contributed by atoms with Crippen molar-refractivity contribution in [2.45, 2.75) is 37.6 Å². The van der Waals surface area contributed by atoms with Gasteiger partial charge in [0.15, 0.2) is 6.19 Å². The first-order valence-electron chi connectivity index (χ1n) is 8.66. The largest absolute Gasteiger partial charge is 0.381 e. The molecule has 0 aliphatic carbocycles. The van der Waals surface area contributed by atoms with E-state index in [-0.39, 0.29) is 0 Å². The first kappa shape index (κ1) is 15.2. The lowest BCUT2D eigenvalue weighted by Crippen LogP contribution is -2.36. The monoisotopic (exact) mass is 326 g/mol. The van der Waals surface area contributed by atoms with E-state index < -0.39 is 0 Å². The van der Waals surface area contributed by atoms with Crippen LogP contribution in [0.25, 0.3) is 11.0 Å². The zero-order valence-corrected chi connectivity index (χ0v) is 13.7. The van der Waals surface area contributed by atoms with Crippen LogP contribution in [-0.2, 0) is 4.74 Å². The van der Waals surface area contributed by atoms with Crippen molar-refractivity contribution in [3.63, 3.8) is 0 Å². The fourth-order valence-electron chi connectivity index (χ4n) is 3.74. The Morgan fingerprint density at radius 3 is 2.75 bits per heavy atom. The molecule has 2 aliphatic heterocycles. The summed E-state index contributed by atoms with van der Waals surface area (Å²) in [6, 6.07) is 0.352. The van der Waals surface area contributed by atoms with E-state index in [1.165, 1.54) is 5.56 Å². The summed E-state index contributed by atoms with van der Waals surface area (Å²) >= 11 is 0. The molecule has 0 amide bonds. The normalized spacial score (nSPS) is 20.2. The zero-order valence-electron chi connectivity index (χ0n) is 13.7. The maximum absolute atomic E-state index is 8.98. The fraction of sp³-hybridized carbons (Fsp3) is 0.588. The van der Waals surface area contributed by atoms with Crippen molar-refractivity contribution in [2.24, 2.45) is 0 Å². The van der Waals surface area contributed by atoms with E-state index >= 15 is 0 Å². The summed E-state index contributed by atoms with van der Waals surface area (Å²) in [5.41, 5.74) is 2.19. The number of likely N-dealkylation sites (tertiary alicyclic amines) is 1. The molecule has 4 rings (SSSR count). The van der Waals surface area contributed by atoms with Crippen LogP contribution in [0.1, 0.15) is 37.2 Å². The fourth-order valence-corrected chi connectivity index (χ4v) is 3.74. The summed E-state index contributed by atoms with van der Waals surface area (Å²) in [5.74, 6) is 1.41. The molecule has 7 nitrogen and oxygen atoms in total. The van der Waals surface area contributed by atoms with E-state index in [1.807, 2.05) is 4.90 Å². The zero-order chi connectivity index (χ0) is 16.4. The SMILES string of the molecule is N#CN1CCC(Nc2ncnc3[nH]cc(C4CCOCC4)c23)CC1. The van der Waals surface area contributed by atoms with Gasteiger partial charge in [0.2, 0.25) is 0 Å². The van der Waals surface area contributed by atoms with E-state index in [9.17, 15) is 0 Å². The number of aromatic nitrogens is 3. The van der Waals surface area contributed by atoms with Crippen LogP contribution in [0, 0.1) is 11.5 Å². The minimum atomic E-state index is 0.352. The minimum Gasteiger partial charge on any atom is -0.381 e. The van der Waals surface area contributed by atoms with Gasteiger partial charge >= 0.3 is 0 Å². The summed E-state index contributed by atoms with van der Waals surface area (Å²) in [7, 11) is 0. The molecule has 0 spiro atoms. The van der Waals surface area contributed by atoms with Gasteiger partial charge in [-0.1, -0.05) is 0 Å². The quantitative estimate of drug-likeness (QED) is 0.841. The number of nitriles is 1. The number of ether oxygens (including phenoxy) is 1. The van der Waals surface area contributed by atoms with E-state index in [4.69, 9.17) is 10.00 Å². The van der Waals surface area contributed by atoms with Gasteiger partial charge in [0.1, 0.15) is 17.8 Å². The second-order valence-electron chi connectivity index (χ2n) is 6.58. The summed E-state index contributed by atoms with van der Waals surface area (Å²) in [4.78, 5) is 14.0. The Labute approximate surface area is 141 Å². The molecule has 2 saturated heterocycles. The van der Waals surface area contributed by atoms with Crippen LogP contribution in [0.2, 0.25) is 0 Å².